The maximum Gasteiger partial charge on any atom is 0.418 e. The molecule has 0 atom stereocenters. The van der Waals surface area contributed by atoms with Gasteiger partial charge in [-0.1, -0.05) is 23.7 Å². The van der Waals surface area contributed by atoms with E-state index in [4.69, 9.17) is 11.6 Å². The minimum Gasteiger partial charge on any atom is -0.320 e. The molecule has 0 unspecified atom stereocenters. The van der Waals surface area contributed by atoms with E-state index in [0.29, 0.717) is 12.3 Å². The summed E-state index contributed by atoms with van der Waals surface area (Å²) in [5.74, 6) is -1.06. The minimum atomic E-state index is -4.74. The summed E-state index contributed by atoms with van der Waals surface area (Å²) in [5, 5.41) is 1.73. The number of para-hydroxylation sites is 1. The number of nitrogens with one attached hydrogen (secondary N) is 1. The maximum atomic E-state index is 13.1. The predicted molar refractivity (Wildman–Crippen MR) is 89.3 cm³/mol. The van der Waals surface area contributed by atoms with Crippen LogP contribution in [0.1, 0.15) is 27.3 Å². The lowest BCUT2D eigenvalue weighted by Gasteiger charge is -2.14. The number of carbonyl (C=O) groups excluding carboxylic acids is 1. The molecule has 2 aromatic heterocycles. The first-order valence-electron chi connectivity index (χ1n) is 7.62. The Hall–Kier alpha value is -2.75. The molecule has 11 heteroatoms. The van der Waals surface area contributed by atoms with Crippen LogP contribution in [0.15, 0.2) is 36.5 Å². The van der Waals surface area contributed by atoms with Gasteiger partial charge in [-0.05, 0) is 25.1 Å². The van der Waals surface area contributed by atoms with Crippen LogP contribution < -0.4 is 5.32 Å². The van der Waals surface area contributed by atoms with Crippen molar-refractivity contribution in [2.24, 2.45) is 0 Å². The van der Waals surface area contributed by atoms with Crippen LogP contribution in [0.5, 0.6) is 0 Å². The zero-order chi connectivity index (χ0) is 20.9. The summed E-state index contributed by atoms with van der Waals surface area (Å²) in [5.41, 5.74) is -3.24. The van der Waals surface area contributed by atoms with Crippen molar-refractivity contribution < 1.29 is 31.1 Å². The molecule has 0 radical (unpaired) electrons. The molecule has 0 bridgehead atoms. The van der Waals surface area contributed by atoms with Gasteiger partial charge in [-0.3, -0.25) is 9.20 Å². The first-order chi connectivity index (χ1) is 12.9. The van der Waals surface area contributed by atoms with Crippen molar-refractivity contribution in [1.29, 1.82) is 0 Å². The van der Waals surface area contributed by atoms with Gasteiger partial charge in [-0.25, -0.2) is 4.98 Å². The highest BCUT2D eigenvalue weighted by Crippen LogP contribution is 2.36. The molecule has 0 aliphatic carbocycles. The number of amides is 1. The first-order valence-corrected chi connectivity index (χ1v) is 8.00. The van der Waals surface area contributed by atoms with E-state index in [9.17, 15) is 31.1 Å². The number of rotatable bonds is 2. The summed E-state index contributed by atoms with van der Waals surface area (Å²) < 4.78 is 79.3. The lowest BCUT2D eigenvalue weighted by atomic mass is 10.1. The average Bonchev–Trinajstić information content (AvgIpc) is 2.90. The summed E-state index contributed by atoms with van der Waals surface area (Å²) in [6.07, 6.45) is -8.86. The van der Waals surface area contributed by atoms with Crippen molar-refractivity contribution in [1.82, 2.24) is 9.38 Å². The van der Waals surface area contributed by atoms with Gasteiger partial charge in [0.25, 0.3) is 5.91 Å². The Labute approximate surface area is 158 Å². The molecule has 0 aliphatic rings. The third kappa shape index (κ3) is 3.64. The quantitative estimate of drug-likeness (QED) is 0.549. The van der Waals surface area contributed by atoms with E-state index in [1.165, 1.54) is 13.0 Å². The number of anilines is 1. The molecule has 4 nitrogen and oxygen atoms in total. The van der Waals surface area contributed by atoms with Crippen LogP contribution in [0.25, 0.3) is 5.65 Å². The molecule has 0 spiro atoms. The van der Waals surface area contributed by atoms with Crippen LogP contribution in [-0.2, 0) is 12.4 Å². The number of benzene rings is 1. The smallest absolute Gasteiger partial charge is 0.320 e. The van der Waals surface area contributed by atoms with Gasteiger partial charge in [0, 0.05) is 6.20 Å². The lowest BCUT2D eigenvalue weighted by Crippen LogP contribution is -2.19. The van der Waals surface area contributed by atoms with E-state index < -0.39 is 35.1 Å². The van der Waals surface area contributed by atoms with Crippen LogP contribution >= 0.6 is 11.6 Å². The highest BCUT2D eigenvalue weighted by atomic mass is 35.5. The highest BCUT2D eigenvalue weighted by Gasteiger charge is 2.35. The molecule has 0 saturated heterocycles. The van der Waals surface area contributed by atoms with Gasteiger partial charge < -0.3 is 5.32 Å². The topological polar surface area (TPSA) is 46.4 Å². The molecule has 1 N–H and O–H groups in total. The molecular weight excluding hydrogens is 412 g/mol. The standard InChI is InChI=1S/C17H10ClF6N3O/c1-8-13(15(28)26-12-5-3-2-4-10(12)17(22,23)24)27-7-9(16(19,20)21)6-11(18)14(27)25-8/h2-7H,1H3,(H,26,28). The lowest BCUT2D eigenvalue weighted by molar-refractivity contribution is -0.138. The van der Waals surface area contributed by atoms with Gasteiger partial charge in [0.05, 0.1) is 27.5 Å². The van der Waals surface area contributed by atoms with Gasteiger partial charge >= 0.3 is 12.4 Å². The second-order valence-electron chi connectivity index (χ2n) is 5.81. The van der Waals surface area contributed by atoms with Crippen LogP contribution in [0.4, 0.5) is 32.0 Å². The van der Waals surface area contributed by atoms with E-state index in [1.807, 2.05) is 0 Å². The number of hydrogen-bond acceptors (Lipinski definition) is 2. The molecule has 3 aromatic rings. The van der Waals surface area contributed by atoms with Crippen molar-refractivity contribution in [2.75, 3.05) is 5.32 Å². The van der Waals surface area contributed by atoms with Crippen molar-refractivity contribution in [3.8, 4) is 0 Å². The summed E-state index contributed by atoms with van der Waals surface area (Å²) in [7, 11) is 0. The minimum absolute atomic E-state index is 0.00298. The summed E-state index contributed by atoms with van der Waals surface area (Å²) >= 11 is 5.84. The SMILES string of the molecule is Cc1nc2c(Cl)cc(C(F)(F)F)cn2c1C(=O)Nc1ccccc1C(F)(F)F. The van der Waals surface area contributed by atoms with Gasteiger partial charge in [0.2, 0.25) is 0 Å². The third-order valence-corrected chi connectivity index (χ3v) is 4.15. The molecule has 2 heterocycles. The molecule has 0 fully saturated rings. The summed E-state index contributed by atoms with van der Waals surface area (Å²) in [6.45, 7) is 1.33. The zero-order valence-electron chi connectivity index (χ0n) is 13.9. The Morgan fingerprint density at radius 1 is 1.11 bits per heavy atom. The molecule has 148 valence electrons. The highest BCUT2D eigenvalue weighted by molar-refractivity contribution is 6.33. The Morgan fingerprint density at radius 2 is 1.75 bits per heavy atom. The molecule has 1 aromatic carbocycles. The summed E-state index contributed by atoms with van der Waals surface area (Å²) in [6, 6.07) is 4.89. The van der Waals surface area contributed by atoms with Crippen molar-refractivity contribution in [3.05, 3.63) is 64.1 Å². The number of hydrogen-bond donors (Lipinski definition) is 1. The molecule has 3 rings (SSSR count). The number of fused-ring (bicyclic) bond motifs is 1. The first kappa shape index (κ1) is 20.0. The van der Waals surface area contributed by atoms with Crippen LogP contribution in [0, 0.1) is 6.92 Å². The number of nitrogens with zero attached hydrogens (tertiary/aromatic N) is 2. The Morgan fingerprint density at radius 3 is 2.36 bits per heavy atom. The van der Waals surface area contributed by atoms with E-state index in [2.05, 4.69) is 10.3 Å². The van der Waals surface area contributed by atoms with Crippen molar-refractivity contribution in [3.63, 3.8) is 0 Å². The van der Waals surface area contributed by atoms with Crippen molar-refractivity contribution in [2.45, 2.75) is 19.3 Å². The Kier molecular flexibility index (Phi) is 4.78. The molecular formula is C17H10ClF6N3O. The van der Waals surface area contributed by atoms with E-state index in [-0.39, 0.29) is 22.1 Å². The van der Waals surface area contributed by atoms with E-state index in [0.717, 1.165) is 22.6 Å². The monoisotopic (exact) mass is 421 g/mol. The Balaban J connectivity index is 2.11. The van der Waals surface area contributed by atoms with Crippen LogP contribution in [0.3, 0.4) is 0 Å². The number of carbonyl (C=O) groups is 1. The molecule has 0 aliphatic heterocycles. The number of halogens is 7. The van der Waals surface area contributed by atoms with Gasteiger partial charge in [-0.15, -0.1) is 0 Å². The molecule has 1 amide bonds. The third-order valence-electron chi connectivity index (χ3n) is 3.87. The molecule has 28 heavy (non-hydrogen) atoms. The normalized spacial score (nSPS) is 12.4. The van der Waals surface area contributed by atoms with Crippen molar-refractivity contribution >= 4 is 28.8 Å². The largest absolute Gasteiger partial charge is 0.418 e. The van der Waals surface area contributed by atoms with E-state index in [1.54, 1.807) is 0 Å². The maximum absolute atomic E-state index is 13.1. The van der Waals surface area contributed by atoms with E-state index >= 15 is 0 Å². The molecule has 0 saturated carbocycles. The second-order valence-corrected chi connectivity index (χ2v) is 6.22. The van der Waals surface area contributed by atoms with Gasteiger partial charge in [0.15, 0.2) is 5.65 Å². The zero-order valence-corrected chi connectivity index (χ0v) is 14.7. The van der Waals surface area contributed by atoms with Crippen LogP contribution in [-0.4, -0.2) is 15.3 Å². The number of pyridine rings is 1. The fourth-order valence-corrected chi connectivity index (χ4v) is 2.92. The predicted octanol–water partition coefficient (Wildman–Crippen LogP) is 5.59. The van der Waals surface area contributed by atoms with Gasteiger partial charge in [0.1, 0.15) is 5.69 Å². The number of aromatic nitrogens is 2. The fraction of sp³-hybridized carbons (Fsp3) is 0.176. The van der Waals surface area contributed by atoms with Crippen LogP contribution in [0.2, 0.25) is 5.02 Å². The summed E-state index contributed by atoms with van der Waals surface area (Å²) in [4.78, 5) is 16.5. The fourth-order valence-electron chi connectivity index (χ4n) is 2.67. The van der Waals surface area contributed by atoms with Gasteiger partial charge in [-0.2, -0.15) is 26.3 Å². The second kappa shape index (κ2) is 6.69. The average molecular weight is 422 g/mol. The number of aryl methyl sites for hydroxylation is 1. The Bertz CT molecular complexity index is 1070. The number of imidazole rings is 1. The number of alkyl halides is 6.